The van der Waals surface area contributed by atoms with E-state index in [9.17, 15) is 4.79 Å². The van der Waals surface area contributed by atoms with Crippen molar-refractivity contribution in [3.05, 3.63) is 24.0 Å². The number of aromatic nitrogens is 1. The Morgan fingerprint density at radius 1 is 1.50 bits per heavy atom. The Labute approximate surface area is 95.5 Å². The summed E-state index contributed by atoms with van der Waals surface area (Å²) in [6.07, 6.45) is 4.47. The summed E-state index contributed by atoms with van der Waals surface area (Å²) in [5.74, 6) is 0.115. The van der Waals surface area contributed by atoms with Gasteiger partial charge in [-0.25, -0.2) is 0 Å². The van der Waals surface area contributed by atoms with Crippen LogP contribution in [0.5, 0.6) is 0 Å². The number of rotatable bonds is 2. The first-order valence-electron chi connectivity index (χ1n) is 5.51. The van der Waals surface area contributed by atoms with Crippen LogP contribution >= 0.6 is 0 Å². The highest BCUT2D eigenvalue weighted by atomic mass is 16.2. The molecule has 86 valence electrons. The van der Waals surface area contributed by atoms with E-state index in [0.717, 1.165) is 25.0 Å². The van der Waals surface area contributed by atoms with Gasteiger partial charge in [0.15, 0.2) is 0 Å². The van der Waals surface area contributed by atoms with Gasteiger partial charge in [0.05, 0.1) is 16.8 Å². The average molecular weight is 219 g/mol. The summed E-state index contributed by atoms with van der Waals surface area (Å²) >= 11 is 0. The van der Waals surface area contributed by atoms with Gasteiger partial charge >= 0.3 is 0 Å². The normalized spacial score (nSPS) is 17.6. The molecular weight excluding hydrogens is 202 g/mol. The molecule has 4 nitrogen and oxygen atoms in total. The van der Waals surface area contributed by atoms with E-state index in [-0.39, 0.29) is 5.91 Å². The fourth-order valence-corrected chi connectivity index (χ4v) is 2.33. The third kappa shape index (κ3) is 1.45. The molecular formula is C12H17N3O. The lowest BCUT2D eigenvalue weighted by molar-refractivity contribution is -0.138. The van der Waals surface area contributed by atoms with Crippen LogP contribution in [0.15, 0.2) is 18.3 Å². The van der Waals surface area contributed by atoms with Crippen molar-refractivity contribution in [3.63, 3.8) is 0 Å². The number of carbonyl (C=O) groups excluding carboxylic acids is 1. The molecule has 0 atom stereocenters. The lowest BCUT2D eigenvalue weighted by Crippen LogP contribution is -2.49. The van der Waals surface area contributed by atoms with Gasteiger partial charge in [0.1, 0.15) is 0 Å². The van der Waals surface area contributed by atoms with Crippen molar-refractivity contribution < 1.29 is 4.79 Å². The van der Waals surface area contributed by atoms with Crippen LogP contribution in [-0.4, -0.2) is 29.9 Å². The minimum atomic E-state index is -0.463. The van der Waals surface area contributed by atoms with Gasteiger partial charge in [0.2, 0.25) is 5.91 Å². The topological polar surface area (TPSA) is 59.2 Å². The van der Waals surface area contributed by atoms with Gasteiger partial charge in [0, 0.05) is 20.3 Å². The molecule has 1 aliphatic rings. The van der Waals surface area contributed by atoms with E-state index in [2.05, 4.69) is 4.98 Å². The molecule has 2 rings (SSSR count). The molecule has 0 aliphatic heterocycles. The number of carbonyl (C=O) groups is 1. The second kappa shape index (κ2) is 3.77. The van der Waals surface area contributed by atoms with Gasteiger partial charge in [0.25, 0.3) is 0 Å². The van der Waals surface area contributed by atoms with Crippen LogP contribution in [0.3, 0.4) is 0 Å². The fourth-order valence-electron chi connectivity index (χ4n) is 2.33. The molecule has 1 saturated carbocycles. The van der Waals surface area contributed by atoms with Crippen molar-refractivity contribution in [2.75, 3.05) is 19.8 Å². The fraction of sp³-hybridized carbons (Fsp3) is 0.500. The summed E-state index contributed by atoms with van der Waals surface area (Å²) in [6.45, 7) is 0. The minimum Gasteiger partial charge on any atom is -0.397 e. The van der Waals surface area contributed by atoms with Crippen molar-refractivity contribution in [1.82, 2.24) is 9.88 Å². The zero-order chi connectivity index (χ0) is 11.8. The second-order valence-corrected chi connectivity index (χ2v) is 4.58. The average Bonchev–Trinajstić information content (AvgIpc) is 2.18. The van der Waals surface area contributed by atoms with Gasteiger partial charge < -0.3 is 10.6 Å². The van der Waals surface area contributed by atoms with Crippen LogP contribution in [0.1, 0.15) is 25.0 Å². The summed E-state index contributed by atoms with van der Waals surface area (Å²) in [5, 5.41) is 0. The van der Waals surface area contributed by atoms with Crippen LogP contribution in [0, 0.1) is 0 Å². The van der Waals surface area contributed by atoms with Crippen LogP contribution in [0.25, 0.3) is 0 Å². The lowest BCUT2D eigenvalue weighted by Gasteiger charge is -2.41. The first-order chi connectivity index (χ1) is 7.58. The zero-order valence-electron chi connectivity index (χ0n) is 9.73. The monoisotopic (exact) mass is 219 g/mol. The van der Waals surface area contributed by atoms with Gasteiger partial charge in [-0.3, -0.25) is 9.78 Å². The molecule has 1 amide bonds. The Morgan fingerprint density at radius 3 is 2.62 bits per heavy atom. The maximum Gasteiger partial charge on any atom is 0.234 e. The molecule has 1 aliphatic carbocycles. The Balaban J connectivity index is 2.43. The van der Waals surface area contributed by atoms with Crippen molar-refractivity contribution in [1.29, 1.82) is 0 Å². The smallest absolute Gasteiger partial charge is 0.234 e. The highest BCUT2D eigenvalue weighted by Crippen LogP contribution is 2.45. The van der Waals surface area contributed by atoms with E-state index in [1.54, 1.807) is 31.3 Å². The van der Waals surface area contributed by atoms with E-state index in [1.807, 2.05) is 6.07 Å². The number of pyridine rings is 1. The standard InChI is InChI=1S/C12H17N3O/c1-15(2)11(16)12(6-4-7-12)10-9(13)5-3-8-14-10/h3,5,8H,4,6-7,13H2,1-2H3. The Kier molecular flexibility index (Phi) is 2.58. The van der Waals surface area contributed by atoms with Crippen molar-refractivity contribution >= 4 is 11.6 Å². The third-order valence-electron chi connectivity index (χ3n) is 3.31. The second-order valence-electron chi connectivity index (χ2n) is 4.58. The predicted molar refractivity (Wildman–Crippen MR) is 62.9 cm³/mol. The van der Waals surface area contributed by atoms with E-state index >= 15 is 0 Å². The molecule has 0 aromatic carbocycles. The van der Waals surface area contributed by atoms with E-state index in [4.69, 9.17) is 5.73 Å². The SMILES string of the molecule is CN(C)C(=O)C1(c2ncccc2N)CCC1. The van der Waals surface area contributed by atoms with Crippen molar-refractivity contribution in [2.24, 2.45) is 0 Å². The quantitative estimate of drug-likeness (QED) is 0.812. The molecule has 1 heterocycles. The molecule has 1 aromatic rings. The number of nitrogens with two attached hydrogens (primary N) is 1. The molecule has 0 bridgehead atoms. The molecule has 4 heteroatoms. The Hall–Kier alpha value is -1.58. The molecule has 0 radical (unpaired) electrons. The van der Waals surface area contributed by atoms with E-state index in [1.165, 1.54) is 0 Å². The number of amides is 1. The largest absolute Gasteiger partial charge is 0.397 e. The highest BCUT2D eigenvalue weighted by molar-refractivity contribution is 5.89. The molecule has 1 aromatic heterocycles. The van der Waals surface area contributed by atoms with Gasteiger partial charge in [-0.1, -0.05) is 6.42 Å². The number of anilines is 1. The number of hydrogen-bond acceptors (Lipinski definition) is 3. The maximum absolute atomic E-state index is 12.2. The first kappa shape index (κ1) is 10.9. The van der Waals surface area contributed by atoms with Gasteiger partial charge in [-0.15, -0.1) is 0 Å². The Morgan fingerprint density at radius 2 is 2.19 bits per heavy atom. The summed E-state index contributed by atoms with van der Waals surface area (Å²) in [7, 11) is 3.56. The molecule has 0 unspecified atom stereocenters. The summed E-state index contributed by atoms with van der Waals surface area (Å²) in [6, 6.07) is 3.61. The molecule has 16 heavy (non-hydrogen) atoms. The van der Waals surface area contributed by atoms with Crippen LogP contribution < -0.4 is 5.73 Å². The predicted octanol–water partition coefficient (Wildman–Crippen LogP) is 1.17. The summed E-state index contributed by atoms with van der Waals surface area (Å²) < 4.78 is 0. The van der Waals surface area contributed by atoms with E-state index < -0.39 is 5.41 Å². The highest BCUT2D eigenvalue weighted by Gasteiger charge is 2.48. The Bertz CT molecular complexity index is 410. The minimum absolute atomic E-state index is 0.115. The summed E-state index contributed by atoms with van der Waals surface area (Å²) in [5.41, 5.74) is 6.83. The number of likely N-dealkylation sites (N-methyl/N-ethyl adjacent to an activating group) is 1. The summed E-state index contributed by atoms with van der Waals surface area (Å²) in [4.78, 5) is 18.2. The van der Waals surface area contributed by atoms with Crippen LogP contribution in [0.4, 0.5) is 5.69 Å². The van der Waals surface area contributed by atoms with Crippen LogP contribution in [-0.2, 0) is 10.2 Å². The first-order valence-corrected chi connectivity index (χ1v) is 5.51. The van der Waals surface area contributed by atoms with Crippen molar-refractivity contribution in [3.8, 4) is 0 Å². The zero-order valence-corrected chi connectivity index (χ0v) is 9.73. The molecule has 0 saturated heterocycles. The molecule has 1 fully saturated rings. The van der Waals surface area contributed by atoms with Crippen LogP contribution in [0.2, 0.25) is 0 Å². The molecule has 2 N–H and O–H groups in total. The number of hydrogen-bond donors (Lipinski definition) is 1. The van der Waals surface area contributed by atoms with Gasteiger partial charge in [-0.05, 0) is 25.0 Å². The van der Waals surface area contributed by atoms with Gasteiger partial charge in [-0.2, -0.15) is 0 Å². The maximum atomic E-state index is 12.2. The van der Waals surface area contributed by atoms with Crippen molar-refractivity contribution in [2.45, 2.75) is 24.7 Å². The lowest BCUT2D eigenvalue weighted by atomic mass is 9.65. The number of nitrogen functional groups attached to an aromatic ring is 1. The third-order valence-corrected chi connectivity index (χ3v) is 3.31. The number of nitrogens with zero attached hydrogens (tertiary/aromatic N) is 2. The molecule has 0 spiro atoms. The van der Waals surface area contributed by atoms with E-state index in [0.29, 0.717) is 5.69 Å².